The van der Waals surface area contributed by atoms with E-state index in [1.165, 1.54) is 10.9 Å². The van der Waals surface area contributed by atoms with E-state index in [9.17, 15) is 20.1 Å². The van der Waals surface area contributed by atoms with Crippen LogP contribution in [0.5, 0.6) is 11.6 Å². The van der Waals surface area contributed by atoms with Gasteiger partial charge in [0.25, 0.3) is 0 Å². The molecule has 8 nitrogen and oxygen atoms in total. The van der Waals surface area contributed by atoms with Crippen molar-refractivity contribution in [3.05, 3.63) is 59.4 Å². The molecule has 4 rings (SSSR count). The topological polar surface area (TPSA) is 120 Å². The van der Waals surface area contributed by atoms with Gasteiger partial charge in [0.05, 0.1) is 11.6 Å². The summed E-state index contributed by atoms with van der Waals surface area (Å²) in [6, 6.07) is 11.0. The first-order valence-electron chi connectivity index (χ1n) is 10.7. The Balaban J connectivity index is 1.58. The number of azo groups is 1. The summed E-state index contributed by atoms with van der Waals surface area (Å²) in [4.78, 5) is 15.5. The van der Waals surface area contributed by atoms with Gasteiger partial charge < -0.3 is 15.3 Å². The van der Waals surface area contributed by atoms with E-state index in [0.29, 0.717) is 18.4 Å². The van der Waals surface area contributed by atoms with Crippen LogP contribution in [0.3, 0.4) is 0 Å². The first-order valence-corrected chi connectivity index (χ1v) is 10.7. The van der Waals surface area contributed by atoms with Gasteiger partial charge in [0.1, 0.15) is 17.8 Å². The monoisotopic (exact) mass is 434 g/mol. The standard InChI is InChI=1S/C24H26N4O4/c1-14-9-10-18(11-15(14)2)28-13-25-22(23(28)30)27-26-20-8-4-7-19(21(20)29)16-5-3-6-17(12-16)24(31)32/h4,7-11,13,16-17,29-30H,3,5-6,12H2,1-2H3,(H,31,32). The summed E-state index contributed by atoms with van der Waals surface area (Å²) in [5.41, 5.74) is 3.93. The van der Waals surface area contributed by atoms with E-state index in [4.69, 9.17) is 0 Å². The SMILES string of the molecule is Cc1ccc(-n2cnc(N=Nc3cccc(C4CCCC(C(=O)O)C4)c3O)c2O)cc1C. The first kappa shape index (κ1) is 21.5. The van der Waals surface area contributed by atoms with E-state index in [1.807, 2.05) is 32.0 Å². The third kappa shape index (κ3) is 4.21. The normalized spacial score (nSPS) is 18.8. The van der Waals surface area contributed by atoms with Crippen LogP contribution >= 0.6 is 0 Å². The molecule has 3 aromatic rings. The number of carbonyl (C=O) groups is 1. The number of nitrogens with zero attached hydrogens (tertiary/aromatic N) is 4. The van der Waals surface area contributed by atoms with E-state index in [1.54, 1.807) is 18.2 Å². The Labute approximate surface area is 185 Å². The Bertz CT molecular complexity index is 1180. The average Bonchev–Trinajstić information content (AvgIpc) is 3.15. The molecule has 2 unspecified atom stereocenters. The summed E-state index contributed by atoms with van der Waals surface area (Å²) in [6.07, 6.45) is 4.24. The number of hydrogen-bond acceptors (Lipinski definition) is 6. The first-order chi connectivity index (χ1) is 15.3. The zero-order valence-corrected chi connectivity index (χ0v) is 18.1. The molecule has 0 spiro atoms. The van der Waals surface area contributed by atoms with Gasteiger partial charge in [-0.1, -0.05) is 24.6 Å². The van der Waals surface area contributed by atoms with Crippen molar-refractivity contribution in [2.24, 2.45) is 16.1 Å². The second kappa shape index (κ2) is 8.82. The number of para-hydroxylation sites is 1. The average molecular weight is 434 g/mol. The third-order valence-corrected chi connectivity index (χ3v) is 6.25. The highest BCUT2D eigenvalue weighted by Gasteiger charge is 2.29. The van der Waals surface area contributed by atoms with Crippen molar-refractivity contribution in [3.8, 4) is 17.3 Å². The van der Waals surface area contributed by atoms with Gasteiger partial charge in [0.15, 0.2) is 0 Å². The fourth-order valence-corrected chi connectivity index (χ4v) is 4.22. The number of benzene rings is 2. The van der Waals surface area contributed by atoms with Gasteiger partial charge >= 0.3 is 5.97 Å². The van der Waals surface area contributed by atoms with Crippen LogP contribution in [0.25, 0.3) is 5.69 Å². The fraction of sp³-hybridized carbons (Fsp3) is 0.333. The number of phenolic OH excluding ortho intramolecular Hbond substituents is 1. The molecule has 0 aliphatic heterocycles. The molecule has 1 saturated carbocycles. The summed E-state index contributed by atoms with van der Waals surface area (Å²) in [5.74, 6) is -1.36. The maximum absolute atomic E-state index is 11.4. The van der Waals surface area contributed by atoms with Crippen LogP contribution in [0, 0.1) is 19.8 Å². The van der Waals surface area contributed by atoms with Crippen molar-refractivity contribution in [3.63, 3.8) is 0 Å². The predicted molar refractivity (Wildman–Crippen MR) is 119 cm³/mol. The van der Waals surface area contributed by atoms with E-state index >= 15 is 0 Å². The highest BCUT2D eigenvalue weighted by Crippen LogP contribution is 2.43. The molecule has 0 amide bonds. The van der Waals surface area contributed by atoms with Crippen LogP contribution in [0.15, 0.2) is 53.0 Å². The minimum atomic E-state index is -0.792. The molecule has 1 heterocycles. The van der Waals surface area contributed by atoms with Crippen molar-refractivity contribution < 1.29 is 20.1 Å². The van der Waals surface area contributed by atoms with Crippen LogP contribution < -0.4 is 0 Å². The van der Waals surface area contributed by atoms with E-state index in [0.717, 1.165) is 29.7 Å². The highest BCUT2D eigenvalue weighted by molar-refractivity contribution is 5.70. The molecule has 2 atom stereocenters. The minimum Gasteiger partial charge on any atom is -0.505 e. The molecular formula is C24H26N4O4. The Morgan fingerprint density at radius 2 is 1.91 bits per heavy atom. The molecule has 32 heavy (non-hydrogen) atoms. The van der Waals surface area contributed by atoms with Crippen LogP contribution in [0.2, 0.25) is 0 Å². The molecule has 1 aromatic heterocycles. The molecule has 1 aliphatic rings. The number of phenols is 1. The lowest BCUT2D eigenvalue weighted by Gasteiger charge is -2.27. The summed E-state index contributed by atoms with van der Waals surface area (Å²) >= 11 is 0. The maximum Gasteiger partial charge on any atom is 0.306 e. The number of aryl methyl sites for hydroxylation is 2. The summed E-state index contributed by atoms with van der Waals surface area (Å²) < 4.78 is 1.52. The quantitative estimate of drug-likeness (QED) is 0.447. The van der Waals surface area contributed by atoms with Crippen molar-refractivity contribution >= 4 is 17.5 Å². The number of hydrogen-bond donors (Lipinski definition) is 3. The molecule has 0 radical (unpaired) electrons. The molecule has 8 heteroatoms. The summed E-state index contributed by atoms with van der Waals surface area (Å²) in [7, 11) is 0. The van der Waals surface area contributed by atoms with Gasteiger partial charge in [-0.3, -0.25) is 9.36 Å². The van der Waals surface area contributed by atoms with Crippen LogP contribution in [-0.4, -0.2) is 30.8 Å². The summed E-state index contributed by atoms with van der Waals surface area (Å²) in [5, 5.41) is 38.8. The van der Waals surface area contributed by atoms with Crippen LogP contribution in [0.4, 0.5) is 11.5 Å². The van der Waals surface area contributed by atoms with Crippen LogP contribution in [-0.2, 0) is 4.79 Å². The van der Waals surface area contributed by atoms with E-state index in [2.05, 4.69) is 15.2 Å². The number of aliphatic carboxylic acids is 1. The number of imidazole rings is 1. The second-order valence-corrected chi connectivity index (χ2v) is 8.34. The lowest BCUT2D eigenvalue weighted by Crippen LogP contribution is -2.21. The Kier molecular flexibility index (Phi) is 5.94. The summed E-state index contributed by atoms with van der Waals surface area (Å²) in [6.45, 7) is 4.01. The molecule has 0 bridgehead atoms. The lowest BCUT2D eigenvalue weighted by molar-refractivity contribution is -0.143. The largest absolute Gasteiger partial charge is 0.505 e. The molecule has 1 fully saturated rings. The molecule has 0 saturated heterocycles. The van der Waals surface area contributed by atoms with Gasteiger partial charge in [0, 0.05) is 0 Å². The van der Waals surface area contributed by atoms with Crippen molar-refractivity contribution in [2.75, 3.05) is 0 Å². The Morgan fingerprint density at radius 3 is 2.66 bits per heavy atom. The third-order valence-electron chi connectivity index (χ3n) is 6.25. The number of aromatic nitrogens is 2. The Morgan fingerprint density at radius 1 is 1.09 bits per heavy atom. The molecule has 166 valence electrons. The zero-order valence-electron chi connectivity index (χ0n) is 18.1. The number of aromatic hydroxyl groups is 2. The van der Waals surface area contributed by atoms with Gasteiger partial charge in [-0.15, -0.1) is 10.2 Å². The highest BCUT2D eigenvalue weighted by atomic mass is 16.4. The molecule has 2 aromatic carbocycles. The lowest BCUT2D eigenvalue weighted by atomic mass is 9.77. The van der Waals surface area contributed by atoms with Gasteiger partial charge in [-0.2, -0.15) is 0 Å². The molecule has 3 N–H and O–H groups in total. The smallest absolute Gasteiger partial charge is 0.306 e. The van der Waals surface area contributed by atoms with Gasteiger partial charge in [-0.25, -0.2) is 4.98 Å². The second-order valence-electron chi connectivity index (χ2n) is 8.34. The molecular weight excluding hydrogens is 408 g/mol. The van der Waals surface area contributed by atoms with Crippen molar-refractivity contribution in [1.29, 1.82) is 0 Å². The minimum absolute atomic E-state index is 0.0135. The van der Waals surface area contributed by atoms with Crippen LogP contribution in [0.1, 0.15) is 48.3 Å². The fourth-order valence-electron chi connectivity index (χ4n) is 4.22. The zero-order chi connectivity index (χ0) is 22.8. The van der Waals surface area contributed by atoms with Crippen molar-refractivity contribution in [2.45, 2.75) is 45.4 Å². The van der Waals surface area contributed by atoms with Gasteiger partial charge in [0.2, 0.25) is 11.7 Å². The Hall–Kier alpha value is -3.68. The van der Waals surface area contributed by atoms with E-state index in [-0.39, 0.29) is 29.1 Å². The number of carboxylic acids is 1. The van der Waals surface area contributed by atoms with Crippen molar-refractivity contribution in [1.82, 2.24) is 9.55 Å². The predicted octanol–water partition coefficient (Wildman–Crippen LogP) is 5.67. The maximum atomic E-state index is 11.4. The number of carboxylic acid groups (broad SMARTS) is 1. The van der Waals surface area contributed by atoms with Gasteiger partial charge in [-0.05, 0) is 73.9 Å². The molecule has 1 aliphatic carbocycles. The van der Waals surface area contributed by atoms with E-state index < -0.39 is 11.9 Å². The number of rotatable bonds is 5.